The second-order valence-electron chi connectivity index (χ2n) is 9.49. The summed E-state index contributed by atoms with van der Waals surface area (Å²) in [4.78, 5) is 33.9. The number of benzene rings is 2. The zero-order valence-corrected chi connectivity index (χ0v) is 23.4. The van der Waals surface area contributed by atoms with E-state index in [1.54, 1.807) is 12.3 Å². The van der Waals surface area contributed by atoms with Crippen LogP contribution in [0.5, 0.6) is 17.6 Å². The van der Waals surface area contributed by atoms with Gasteiger partial charge in [0.25, 0.3) is 0 Å². The maximum absolute atomic E-state index is 15.1. The lowest BCUT2D eigenvalue weighted by Gasteiger charge is -2.35. The highest BCUT2D eigenvalue weighted by Crippen LogP contribution is 2.38. The van der Waals surface area contributed by atoms with Crippen LogP contribution in [0.2, 0.25) is 0 Å². The van der Waals surface area contributed by atoms with Gasteiger partial charge in [0.15, 0.2) is 11.6 Å². The third kappa shape index (κ3) is 5.71. The summed E-state index contributed by atoms with van der Waals surface area (Å²) in [6.07, 6.45) is 3.65. The molecule has 3 aromatic heterocycles. The van der Waals surface area contributed by atoms with Crippen LogP contribution in [0.15, 0.2) is 42.9 Å². The molecule has 1 fully saturated rings. The quantitative estimate of drug-likeness (QED) is 0.245. The van der Waals surface area contributed by atoms with Gasteiger partial charge in [-0.25, -0.2) is 34.1 Å². The Bertz CT molecular complexity index is 1770. The molecule has 1 aliphatic carbocycles. The summed E-state index contributed by atoms with van der Waals surface area (Å²) in [6, 6.07) is 6.92. The molecule has 14 heteroatoms. The van der Waals surface area contributed by atoms with Crippen molar-refractivity contribution in [3.63, 3.8) is 0 Å². The molecule has 2 N–H and O–H groups in total. The Morgan fingerprint density at radius 1 is 1.07 bits per heavy atom. The van der Waals surface area contributed by atoms with Crippen LogP contribution < -0.4 is 19.5 Å². The SMILES string of the molecule is COc1cnc2c(-c3nc4cc(F)c(OC5CCC5OC(=O)Nc5cnc(OCCO)nc5)cc4s3)cc(C)cc2n1. The maximum Gasteiger partial charge on any atom is 0.412 e. The molecular weight excluding hydrogens is 567 g/mol. The highest BCUT2D eigenvalue weighted by Gasteiger charge is 2.37. The Balaban J connectivity index is 1.15. The van der Waals surface area contributed by atoms with Crippen LogP contribution in [0.25, 0.3) is 31.8 Å². The number of carbonyl (C=O) groups excluding carboxylic acids is 1. The third-order valence-corrected chi connectivity index (χ3v) is 7.59. The number of methoxy groups -OCH3 is 1. The van der Waals surface area contributed by atoms with E-state index in [1.807, 2.05) is 19.1 Å². The molecule has 1 aliphatic rings. The van der Waals surface area contributed by atoms with Crippen LogP contribution in [0.4, 0.5) is 14.9 Å². The molecule has 3 heterocycles. The lowest BCUT2D eigenvalue weighted by Crippen LogP contribution is -2.45. The third-order valence-electron chi connectivity index (χ3n) is 6.53. The van der Waals surface area contributed by atoms with Crippen molar-refractivity contribution in [1.82, 2.24) is 24.9 Å². The van der Waals surface area contributed by atoms with Crippen LogP contribution >= 0.6 is 11.3 Å². The van der Waals surface area contributed by atoms with Gasteiger partial charge in [-0.3, -0.25) is 5.32 Å². The summed E-state index contributed by atoms with van der Waals surface area (Å²) in [5.41, 5.74) is 3.91. The molecular formula is C28H25FN6O6S. The van der Waals surface area contributed by atoms with E-state index in [1.165, 1.54) is 36.9 Å². The summed E-state index contributed by atoms with van der Waals surface area (Å²) < 4.78 is 37.5. The van der Waals surface area contributed by atoms with Gasteiger partial charge in [-0.2, -0.15) is 0 Å². The number of hydrogen-bond donors (Lipinski definition) is 2. The molecule has 216 valence electrons. The van der Waals surface area contributed by atoms with Crippen molar-refractivity contribution in [2.24, 2.45) is 0 Å². The van der Waals surface area contributed by atoms with Gasteiger partial charge in [0.1, 0.15) is 23.8 Å². The first kappa shape index (κ1) is 27.5. The number of nitrogens with zero attached hydrogens (tertiary/aromatic N) is 5. The number of amides is 1. The molecule has 1 amide bonds. The molecule has 2 atom stereocenters. The predicted molar refractivity (Wildman–Crippen MR) is 152 cm³/mol. The van der Waals surface area contributed by atoms with Gasteiger partial charge >= 0.3 is 12.1 Å². The fourth-order valence-electron chi connectivity index (χ4n) is 4.39. The van der Waals surface area contributed by atoms with Crippen LogP contribution in [0.1, 0.15) is 18.4 Å². The summed E-state index contributed by atoms with van der Waals surface area (Å²) in [5.74, 6) is -0.0910. The summed E-state index contributed by atoms with van der Waals surface area (Å²) in [5, 5.41) is 12.0. The fourth-order valence-corrected chi connectivity index (χ4v) is 5.39. The average Bonchev–Trinajstić information content (AvgIpc) is 3.39. The van der Waals surface area contributed by atoms with Gasteiger partial charge in [0.05, 0.1) is 59.2 Å². The highest BCUT2D eigenvalue weighted by molar-refractivity contribution is 7.21. The summed E-state index contributed by atoms with van der Waals surface area (Å²) >= 11 is 1.39. The number of carbonyl (C=O) groups is 1. The molecule has 2 aromatic carbocycles. The fraction of sp³-hybridized carbons (Fsp3) is 0.286. The van der Waals surface area contributed by atoms with Crippen LogP contribution in [0, 0.1) is 12.7 Å². The number of rotatable bonds is 9. The van der Waals surface area contributed by atoms with Crippen molar-refractivity contribution < 1.29 is 33.2 Å². The van der Waals surface area contributed by atoms with Crippen molar-refractivity contribution in [1.29, 1.82) is 0 Å². The molecule has 0 bridgehead atoms. The Morgan fingerprint density at radius 3 is 2.62 bits per heavy atom. The van der Waals surface area contributed by atoms with Gasteiger partial charge in [0, 0.05) is 17.7 Å². The molecule has 2 unspecified atom stereocenters. The Labute approximate surface area is 242 Å². The number of aliphatic hydroxyl groups is 1. The van der Waals surface area contributed by atoms with Crippen LogP contribution in [-0.4, -0.2) is 68.7 Å². The first-order chi connectivity index (χ1) is 20.4. The minimum Gasteiger partial charge on any atom is -0.483 e. The second-order valence-corrected chi connectivity index (χ2v) is 10.5. The monoisotopic (exact) mass is 592 g/mol. The molecule has 1 saturated carbocycles. The van der Waals surface area contributed by atoms with Gasteiger partial charge in [-0.1, -0.05) is 0 Å². The van der Waals surface area contributed by atoms with E-state index in [4.69, 9.17) is 24.1 Å². The Kier molecular flexibility index (Phi) is 7.63. The first-order valence-corrected chi connectivity index (χ1v) is 13.8. The first-order valence-electron chi connectivity index (χ1n) is 13.0. The van der Waals surface area contributed by atoms with Crippen molar-refractivity contribution in [2.75, 3.05) is 25.6 Å². The van der Waals surface area contributed by atoms with Crippen molar-refractivity contribution in [3.8, 4) is 28.2 Å². The van der Waals surface area contributed by atoms with Gasteiger partial charge in [-0.05, 0) is 37.5 Å². The number of ether oxygens (including phenoxy) is 4. The van der Waals surface area contributed by atoms with E-state index in [-0.39, 0.29) is 25.0 Å². The topological polar surface area (TPSA) is 151 Å². The summed E-state index contributed by atoms with van der Waals surface area (Å²) in [7, 11) is 1.54. The number of aryl methyl sites for hydroxylation is 1. The Morgan fingerprint density at radius 2 is 1.88 bits per heavy atom. The van der Waals surface area contributed by atoms with Gasteiger partial charge < -0.3 is 24.1 Å². The molecule has 0 radical (unpaired) electrons. The lowest BCUT2D eigenvalue weighted by atomic mass is 9.92. The number of fused-ring (bicyclic) bond motifs is 2. The zero-order valence-electron chi connectivity index (χ0n) is 22.5. The van der Waals surface area contributed by atoms with E-state index < -0.39 is 24.1 Å². The van der Waals surface area contributed by atoms with E-state index in [0.29, 0.717) is 46.0 Å². The van der Waals surface area contributed by atoms with Crippen molar-refractivity contribution in [3.05, 3.63) is 54.2 Å². The van der Waals surface area contributed by atoms with E-state index in [0.717, 1.165) is 15.8 Å². The lowest BCUT2D eigenvalue weighted by molar-refractivity contribution is -0.0431. The summed E-state index contributed by atoms with van der Waals surface area (Å²) in [6.45, 7) is 1.85. The van der Waals surface area contributed by atoms with Crippen LogP contribution in [-0.2, 0) is 4.74 Å². The van der Waals surface area contributed by atoms with Gasteiger partial charge in [0.2, 0.25) is 5.88 Å². The van der Waals surface area contributed by atoms with Crippen LogP contribution in [0.3, 0.4) is 0 Å². The van der Waals surface area contributed by atoms with E-state index in [9.17, 15) is 4.79 Å². The Hall–Kier alpha value is -4.69. The molecule has 42 heavy (non-hydrogen) atoms. The number of aromatic nitrogens is 5. The number of halogens is 1. The predicted octanol–water partition coefficient (Wildman–Crippen LogP) is 4.68. The largest absolute Gasteiger partial charge is 0.483 e. The number of thiazole rings is 1. The number of anilines is 1. The molecule has 0 saturated heterocycles. The number of nitrogens with one attached hydrogen (secondary N) is 1. The minimum atomic E-state index is -0.713. The number of aliphatic hydroxyl groups excluding tert-OH is 1. The zero-order chi connectivity index (χ0) is 29.2. The van der Waals surface area contributed by atoms with Gasteiger partial charge in [-0.15, -0.1) is 11.3 Å². The van der Waals surface area contributed by atoms with Crippen molar-refractivity contribution >= 4 is 44.4 Å². The maximum atomic E-state index is 15.1. The number of hydrogen-bond acceptors (Lipinski definition) is 12. The average molecular weight is 593 g/mol. The molecule has 5 aromatic rings. The van der Waals surface area contributed by atoms with E-state index >= 15 is 4.39 Å². The second kappa shape index (κ2) is 11.7. The molecule has 6 rings (SSSR count). The smallest absolute Gasteiger partial charge is 0.412 e. The molecule has 0 aliphatic heterocycles. The standard InChI is InChI=1S/C28H25FN6O6S/c1-14-7-16(25-19(8-14)34-24(38-2)13-30-25)26-35-18-9-17(29)22(10-23(18)42-26)40-20-3-4-21(20)41-28(37)33-15-11-31-27(32-12-15)39-6-5-36/h7-13,20-21,36H,3-6H2,1-2H3,(H,33,37). The van der Waals surface area contributed by atoms with E-state index in [2.05, 4.69) is 30.2 Å². The normalized spacial score (nSPS) is 16.2. The molecule has 12 nitrogen and oxygen atoms in total. The highest BCUT2D eigenvalue weighted by atomic mass is 32.1. The minimum absolute atomic E-state index is 0.0573. The van der Waals surface area contributed by atoms with Crippen molar-refractivity contribution in [2.45, 2.75) is 32.0 Å². The molecule has 0 spiro atoms.